The molecule has 0 saturated heterocycles. The molecular weight excluding hydrogens is 292 g/mol. The van der Waals surface area contributed by atoms with Gasteiger partial charge in [-0.05, 0) is 49.6 Å². The first-order valence-corrected chi connectivity index (χ1v) is 8.53. The summed E-state index contributed by atoms with van der Waals surface area (Å²) < 4.78 is 2.30. The van der Waals surface area contributed by atoms with Gasteiger partial charge in [-0.1, -0.05) is 36.1 Å². The minimum atomic E-state index is 1.03. The Balaban J connectivity index is 1.56. The third kappa shape index (κ3) is 3.12. The van der Waals surface area contributed by atoms with Crippen molar-refractivity contribution in [3.05, 3.63) is 77.2 Å². The van der Waals surface area contributed by atoms with Crippen molar-refractivity contribution < 1.29 is 0 Å². The van der Waals surface area contributed by atoms with Crippen LogP contribution in [0.2, 0.25) is 0 Å². The fourth-order valence-electron chi connectivity index (χ4n) is 3.14. The van der Waals surface area contributed by atoms with Gasteiger partial charge in [0.15, 0.2) is 0 Å². The Kier molecular flexibility index (Phi) is 3.92. The van der Waals surface area contributed by atoms with E-state index >= 15 is 0 Å². The summed E-state index contributed by atoms with van der Waals surface area (Å²) >= 11 is 0. The molecule has 0 atom stereocenters. The molecule has 0 fully saturated rings. The highest BCUT2D eigenvalue weighted by Crippen LogP contribution is 2.22. The zero-order valence-corrected chi connectivity index (χ0v) is 13.9. The minimum Gasteiger partial charge on any atom is -0.334 e. The molecule has 0 aliphatic carbocycles. The summed E-state index contributed by atoms with van der Waals surface area (Å²) in [5.74, 6) is 7.69. The van der Waals surface area contributed by atoms with Gasteiger partial charge in [0.1, 0.15) is 5.82 Å². The van der Waals surface area contributed by atoms with Crippen molar-refractivity contribution in [2.75, 3.05) is 0 Å². The lowest BCUT2D eigenvalue weighted by atomic mass is 10.1. The van der Waals surface area contributed by atoms with Crippen LogP contribution >= 0.6 is 0 Å². The van der Waals surface area contributed by atoms with Crippen molar-refractivity contribution in [2.45, 2.75) is 32.7 Å². The second-order valence-corrected chi connectivity index (χ2v) is 6.39. The number of benzene rings is 2. The molecule has 0 N–H and O–H groups in total. The number of aromatic nitrogens is 2. The topological polar surface area (TPSA) is 17.8 Å². The lowest BCUT2D eigenvalue weighted by molar-refractivity contribution is 0.522. The van der Waals surface area contributed by atoms with Crippen molar-refractivity contribution in [2.24, 2.45) is 0 Å². The number of rotatable bonds is 1. The maximum absolute atomic E-state index is 4.78. The molecule has 0 saturated carbocycles. The Morgan fingerprint density at radius 1 is 0.958 bits per heavy atom. The third-order valence-corrected chi connectivity index (χ3v) is 4.46. The Morgan fingerprint density at radius 2 is 1.79 bits per heavy atom. The molecule has 24 heavy (non-hydrogen) atoms. The average Bonchev–Trinajstić information content (AvgIpc) is 3.05. The van der Waals surface area contributed by atoms with Crippen molar-refractivity contribution in [3.63, 3.8) is 0 Å². The van der Waals surface area contributed by atoms with E-state index in [0.29, 0.717) is 0 Å². The lowest BCUT2D eigenvalue weighted by Crippen LogP contribution is -2.08. The summed E-state index contributed by atoms with van der Waals surface area (Å²) in [5.41, 5.74) is 5.56. The van der Waals surface area contributed by atoms with Crippen LogP contribution in [0.1, 0.15) is 35.4 Å². The zero-order valence-electron chi connectivity index (χ0n) is 13.9. The Morgan fingerprint density at radius 3 is 2.58 bits per heavy atom. The van der Waals surface area contributed by atoms with E-state index in [1.807, 2.05) is 12.1 Å². The first kappa shape index (κ1) is 14.8. The van der Waals surface area contributed by atoms with Gasteiger partial charge in [0.05, 0.1) is 5.69 Å². The fourth-order valence-corrected chi connectivity index (χ4v) is 3.14. The molecular formula is C22H20N2. The lowest BCUT2D eigenvalue weighted by Gasteiger charge is -2.11. The molecule has 0 unspecified atom stereocenters. The fraction of sp³-hybridized carbons (Fsp3) is 0.227. The van der Waals surface area contributed by atoms with Crippen LogP contribution in [0, 0.1) is 18.8 Å². The summed E-state index contributed by atoms with van der Waals surface area (Å²) in [7, 11) is 0. The van der Waals surface area contributed by atoms with Gasteiger partial charge in [0, 0.05) is 35.9 Å². The molecule has 0 amide bonds. The van der Waals surface area contributed by atoms with E-state index in [0.717, 1.165) is 35.3 Å². The molecule has 1 aromatic heterocycles. The standard InChI is InChI=1S/C22H20N2/c1-17-5-4-6-19(15-17)9-8-18-10-12-20(13-11-18)21-16-24-14-3-2-7-22(24)23-21/h4-6,10-13,15-16H,2-3,7,14H2,1H3. The van der Waals surface area contributed by atoms with Crippen molar-refractivity contribution in [1.29, 1.82) is 0 Å². The van der Waals surface area contributed by atoms with E-state index in [-0.39, 0.29) is 0 Å². The van der Waals surface area contributed by atoms with E-state index in [9.17, 15) is 0 Å². The Labute approximate surface area is 143 Å². The van der Waals surface area contributed by atoms with Crippen LogP contribution < -0.4 is 0 Å². The van der Waals surface area contributed by atoms with Crippen molar-refractivity contribution in [1.82, 2.24) is 9.55 Å². The van der Waals surface area contributed by atoms with Gasteiger partial charge in [0.25, 0.3) is 0 Å². The SMILES string of the molecule is Cc1cccc(C#Cc2ccc(-c3cn4c(n3)CCCC4)cc2)c1. The van der Waals surface area contributed by atoms with Crippen LogP contribution in [0.3, 0.4) is 0 Å². The Bertz CT molecular complexity index is 897. The molecule has 2 heteroatoms. The average molecular weight is 312 g/mol. The smallest absolute Gasteiger partial charge is 0.109 e. The largest absolute Gasteiger partial charge is 0.334 e. The molecule has 0 bridgehead atoms. The third-order valence-electron chi connectivity index (χ3n) is 4.46. The highest BCUT2D eigenvalue weighted by atomic mass is 15.1. The van der Waals surface area contributed by atoms with E-state index in [1.165, 1.54) is 24.2 Å². The molecule has 0 spiro atoms. The number of hydrogen-bond acceptors (Lipinski definition) is 1. The molecule has 118 valence electrons. The zero-order chi connectivity index (χ0) is 16.4. The number of hydrogen-bond donors (Lipinski definition) is 0. The molecule has 1 aliphatic rings. The second-order valence-electron chi connectivity index (χ2n) is 6.39. The molecule has 1 aliphatic heterocycles. The summed E-state index contributed by atoms with van der Waals surface area (Å²) in [6.45, 7) is 3.19. The van der Waals surface area contributed by atoms with Gasteiger partial charge in [-0.3, -0.25) is 0 Å². The second kappa shape index (κ2) is 6.37. The first-order valence-electron chi connectivity index (χ1n) is 8.53. The molecule has 4 rings (SSSR count). The van der Waals surface area contributed by atoms with Crippen LogP contribution in [0.25, 0.3) is 11.3 Å². The first-order chi connectivity index (χ1) is 11.8. The highest BCUT2D eigenvalue weighted by Gasteiger charge is 2.12. The van der Waals surface area contributed by atoms with Crippen LogP contribution in [-0.4, -0.2) is 9.55 Å². The summed E-state index contributed by atoms with van der Waals surface area (Å²) in [6.07, 6.45) is 5.79. The summed E-state index contributed by atoms with van der Waals surface area (Å²) in [6, 6.07) is 16.7. The van der Waals surface area contributed by atoms with Gasteiger partial charge in [-0.25, -0.2) is 4.98 Å². The van der Waals surface area contributed by atoms with E-state index < -0.39 is 0 Å². The predicted octanol–water partition coefficient (Wildman–Crippen LogP) is 4.59. The monoisotopic (exact) mass is 312 g/mol. The quantitative estimate of drug-likeness (QED) is 0.601. The van der Waals surface area contributed by atoms with Crippen molar-refractivity contribution in [3.8, 4) is 23.1 Å². The van der Waals surface area contributed by atoms with Crippen LogP contribution in [0.4, 0.5) is 0 Å². The van der Waals surface area contributed by atoms with E-state index in [2.05, 4.69) is 65.9 Å². The van der Waals surface area contributed by atoms with Crippen LogP contribution in [0.5, 0.6) is 0 Å². The van der Waals surface area contributed by atoms with Gasteiger partial charge >= 0.3 is 0 Å². The number of nitrogens with zero attached hydrogens (tertiary/aromatic N) is 2. The van der Waals surface area contributed by atoms with Crippen LogP contribution in [0.15, 0.2) is 54.7 Å². The molecule has 2 nitrogen and oxygen atoms in total. The Hall–Kier alpha value is -2.79. The van der Waals surface area contributed by atoms with Crippen LogP contribution in [-0.2, 0) is 13.0 Å². The summed E-state index contributed by atoms with van der Waals surface area (Å²) in [5, 5.41) is 0. The van der Waals surface area contributed by atoms with Gasteiger partial charge in [-0.2, -0.15) is 0 Å². The normalized spacial score (nSPS) is 13.0. The summed E-state index contributed by atoms with van der Waals surface area (Å²) in [4.78, 5) is 4.78. The van der Waals surface area contributed by atoms with E-state index in [1.54, 1.807) is 0 Å². The highest BCUT2D eigenvalue weighted by molar-refractivity contribution is 5.60. The number of fused-ring (bicyclic) bond motifs is 1. The number of imidazole rings is 1. The molecule has 3 aromatic rings. The van der Waals surface area contributed by atoms with E-state index in [4.69, 9.17) is 4.98 Å². The number of aryl methyl sites for hydroxylation is 3. The molecule has 2 aromatic carbocycles. The van der Waals surface area contributed by atoms with Crippen molar-refractivity contribution >= 4 is 0 Å². The van der Waals surface area contributed by atoms with Gasteiger partial charge in [0.2, 0.25) is 0 Å². The predicted molar refractivity (Wildman–Crippen MR) is 97.8 cm³/mol. The molecule has 2 heterocycles. The van der Waals surface area contributed by atoms with Gasteiger partial charge < -0.3 is 4.57 Å². The maximum Gasteiger partial charge on any atom is 0.109 e. The minimum absolute atomic E-state index is 1.03. The molecule has 0 radical (unpaired) electrons. The maximum atomic E-state index is 4.78. The van der Waals surface area contributed by atoms with Gasteiger partial charge in [-0.15, -0.1) is 0 Å².